The van der Waals surface area contributed by atoms with Gasteiger partial charge in [0, 0.05) is 25.2 Å². The van der Waals surface area contributed by atoms with E-state index in [2.05, 4.69) is 0 Å². The van der Waals surface area contributed by atoms with Crippen molar-refractivity contribution < 1.29 is 19.2 Å². The minimum atomic E-state index is -0.953. The molecule has 2 rings (SSSR count). The lowest BCUT2D eigenvalue weighted by molar-refractivity contribution is -0.384. The van der Waals surface area contributed by atoms with Crippen molar-refractivity contribution in [2.75, 3.05) is 7.05 Å². The number of nitro groups is 1. The summed E-state index contributed by atoms with van der Waals surface area (Å²) in [6.07, 6.45) is 4.32. The molecule has 1 aliphatic carbocycles. The summed E-state index contributed by atoms with van der Waals surface area (Å²) in [5, 5.41) is 10.6. The lowest BCUT2D eigenvalue weighted by atomic mass is 9.94. The highest BCUT2D eigenvalue weighted by atomic mass is 35.5. The first-order chi connectivity index (χ1) is 11.8. The number of hydrogen-bond acceptors (Lipinski definition) is 5. The molecule has 8 heteroatoms. The van der Waals surface area contributed by atoms with E-state index in [4.69, 9.17) is 16.3 Å². The van der Waals surface area contributed by atoms with Crippen LogP contribution in [-0.2, 0) is 9.53 Å². The van der Waals surface area contributed by atoms with Crippen LogP contribution in [0.2, 0.25) is 5.02 Å². The summed E-state index contributed by atoms with van der Waals surface area (Å²) in [6.45, 7) is 1.51. The molecule has 0 saturated heterocycles. The summed E-state index contributed by atoms with van der Waals surface area (Å²) in [7, 11) is 1.72. The Hall–Kier alpha value is -2.15. The Morgan fingerprint density at radius 3 is 2.52 bits per heavy atom. The maximum absolute atomic E-state index is 12.5. The molecular weight excluding hydrogens is 348 g/mol. The Morgan fingerprint density at radius 2 is 1.96 bits per heavy atom. The minimum absolute atomic E-state index is 0.00719. The van der Waals surface area contributed by atoms with Gasteiger partial charge < -0.3 is 9.64 Å². The van der Waals surface area contributed by atoms with Crippen LogP contribution in [0.1, 0.15) is 49.4 Å². The molecule has 0 bridgehead atoms. The van der Waals surface area contributed by atoms with E-state index in [1.54, 1.807) is 11.9 Å². The summed E-state index contributed by atoms with van der Waals surface area (Å²) >= 11 is 5.92. The Morgan fingerprint density at radius 1 is 1.32 bits per heavy atom. The minimum Gasteiger partial charge on any atom is -0.449 e. The Bertz CT molecular complexity index is 673. The van der Waals surface area contributed by atoms with E-state index in [0.717, 1.165) is 31.7 Å². The van der Waals surface area contributed by atoms with Gasteiger partial charge in [0.15, 0.2) is 6.10 Å². The molecule has 1 aromatic rings. The van der Waals surface area contributed by atoms with E-state index in [1.165, 1.54) is 25.5 Å². The maximum Gasteiger partial charge on any atom is 0.340 e. The van der Waals surface area contributed by atoms with Gasteiger partial charge in [-0.1, -0.05) is 30.9 Å². The summed E-state index contributed by atoms with van der Waals surface area (Å²) < 4.78 is 5.21. The SMILES string of the molecule is C[C@H](OC(=O)c1ccc([N+](=O)[O-])cc1Cl)C(=O)N(C)C1CCCCC1. The zero-order valence-corrected chi connectivity index (χ0v) is 15.0. The quantitative estimate of drug-likeness (QED) is 0.450. The molecule has 0 aromatic heterocycles. The number of nitro benzene ring substituents is 1. The average molecular weight is 369 g/mol. The lowest BCUT2D eigenvalue weighted by Crippen LogP contribution is -2.44. The van der Waals surface area contributed by atoms with E-state index < -0.39 is 17.0 Å². The fraction of sp³-hybridized carbons (Fsp3) is 0.529. The second-order valence-corrected chi connectivity index (χ2v) is 6.62. The number of carbonyl (C=O) groups excluding carboxylic acids is 2. The molecule has 0 spiro atoms. The van der Waals surface area contributed by atoms with Crippen molar-refractivity contribution in [3.05, 3.63) is 38.9 Å². The molecule has 25 heavy (non-hydrogen) atoms. The van der Waals surface area contributed by atoms with Gasteiger partial charge in [-0.15, -0.1) is 0 Å². The molecule has 7 nitrogen and oxygen atoms in total. The molecule has 0 N–H and O–H groups in total. The van der Waals surface area contributed by atoms with Crippen LogP contribution in [0.4, 0.5) is 5.69 Å². The normalized spacial score (nSPS) is 16.1. The van der Waals surface area contributed by atoms with Crippen molar-refractivity contribution in [1.29, 1.82) is 0 Å². The number of rotatable bonds is 5. The fourth-order valence-electron chi connectivity index (χ4n) is 2.99. The van der Waals surface area contributed by atoms with Gasteiger partial charge in [0.25, 0.3) is 11.6 Å². The largest absolute Gasteiger partial charge is 0.449 e. The van der Waals surface area contributed by atoms with Gasteiger partial charge in [0.1, 0.15) is 0 Å². The Balaban J connectivity index is 2.01. The predicted octanol–water partition coefficient (Wildman–Crippen LogP) is 3.58. The Kier molecular flexibility index (Phi) is 6.36. The number of hydrogen-bond donors (Lipinski definition) is 0. The van der Waals surface area contributed by atoms with Crippen LogP contribution in [0, 0.1) is 10.1 Å². The van der Waals surface area contributed by atoms with Crippen molar-refractivity contribution in [3.8, 4) is 0 Å². The van der Waals surface area contributed by atoms with Crippen LogP contribution >= 0.6 is 11.6 Å². The first-order valence-electron chi connectivity index (χ1n) is 8.23. The van der Waals surface area contributed by atoms with Gasteiger partial charge in [-0.2, -0.15) is 0 Å². The summed E-state index contributed by atoms with van der Waals surface area (Å²) in [6, 6.07) is 3.65. The molecule has 1 amide bonds. The van der Waals surface area contributed by atoms with Crippen molar-refractivity contribution in [2.45, 2.75) is 51.2 Å². The van der Waals surface area contributed by atoms with Crippen LogP contribution in [0.15, 0.2) is 18.2 Å². The van der Waals surface area contributed by atoms with Crippen LogP contribution in [0.25, 0.3) is 0 Å². The standard InChI is InChI=1S/C17H21ClN2O5/c1-11(16(21)19(2)12-6-4-3-5-7-12)25-17(22)14-9-8-13(20(23)24)10-15(14)18/h8-12H,3-7H2,1-2H3/t11-/m0/s1. The number of halogens is 1. The number of esters is 1. The molecule has 1 atom stereocenters. The second kappa shape index (κ2) is 8.29. The van der Waals surface area contributed by atoms with Crippen LogP contribution in [0.5, 0.6) is 0 Å². The second-order valence-electron chi connectivity index (χ2n) is 6.21. The highest BCUT2D eigenvalue weighted by Crippen LogP contribution is 2.25. The summed E-state index contributed by atoms with van der Waals surface area (Å²) in [5.74, 6) is -1.05. The van der Waals surface area contributed by atoms with Gasteiger partial charge >= 0.3 is 5.97 Å². The van der Waals surface area contributed by atoms with Crippen molar-refractivity contribution >= 4 is 29.2 Å². The average Bonchev–Trinajstić information content (AvgIpc) is 2.60. The van der Waals surface area contributed by atoms with E-state index in [1.807, 2.05) is 0 Å². The summed E-state index contributed by atoms with van der Waals surface area (Å²) in [5.41, 5.74) is -0.227. The van der Waals surface area contributed by atoms with E-state index >= 15 is 0 Å². The molecule has 0 unspecified atom stereocenters. The molecule has 0 radical (unpaired) electrons. The molecule has 0 aliphatic heterocycles. The van der Waals surface area contributed by atoms with Crippen molar-refractivity contribution in [2.24, 2.45) is 0 Å². The van der Waals surface area contributed by atoms with E-state index in [-0.39, 0.29) is 28.2 Å². The maximum atomic E-state index is 12.5. The molecule has 136 valence electrons. The van der Waals surface area contributed by atoms with E-state index in [9.17, 15) is 19.7 Å². The fourth-order valence-corrected chi connectivity index (χ4v) is 3.24. The molecule has 0 heterocycles. The van der Waals surface area contributed by atoms with Gasteiger partial charge in [0.2, 0.25) is 0 Å². The van der Waals surface area contributed by atoms with Gasteiger partial charge in [0.05, 0.1) is 15.5 Å². The number of non-ortho nitro benzene ring substituents is 1. The molecular formula is C17H21ClN2O5. The number of nitrogens with zero attached hydrogens (tertiary/aromatic N) is 2. The highest BCUT2D eigenvalue weighted by Gasteiger charge is 2.28. The lowest BCUT2D eigenvalue weighted by Gasteiger charge is -2.32. The van der Waals surface area contributed by atoms with Crippen molar-refractivity contribution in [1.82, 2.24) is 4.90 Å². The number of carbonyl (C=O) groups is 2. The number of likely N-dealkylation sites (N-methyl/N-ethyl adjacent to an activating group) is 1. The number of amides is 1. The van der Waals surface area contributed by atoms with Crippen LogP contribution in [0.3, 0.4) is 0 Å². The number of benzene rings is 1. The molecule has 1 aromatic carbocycles. The first-order valence-corrected chi connectivity index (χ1v) is 8.60. The van der Waals surface area contributed by atoms with Gasteiger partial charge in [-0.3, -0.25) is 14.9 Å². The molecule has 1 aliphatic rings. The third-order valence-electron chi connectivity index (χ3n) is 4.49. The monoisotopic (exact) mass is 368 g/mol. The number of ether oxygens (including phenoxy) is 1. The molecule has 1 saturated carbocycles. The highest BCUT2D eigenvalue weighted by molar-refractivity contribution is 6.33. The third kappa shape index (κ3) is 4.69. The zero-order chi connectivity index (χ0) is 18.6. The summed E-state index contributed by atoms with van der Waals surface area (Å²) in [4.78, 5) is 36.4. The Labute approximate surface area is 151 Å². The zero-order valence-electron chi connectivity index (χ0n) is 14.2. The first kappa shape index (κ1) is 19.2. The predicted molar refractivity (Wildman–Crippen MR) is 92.6 cm³/mol. The van der Waals surface area contributed by atoms with E-state index in [0.29, 0.717) is 0 Å². The van der Waals surface area contributed by atoms with Gasteiger partial charge in [-0.05, 0) is 25.8 Å². The van der Waals surface area contributed by atoms with Crippen LogP contribution < -0.4 is 0 Å². The smallest absolute Gasteiger partial charge is 0.340 e. The van der Waals surface area contributed by atoms with Crippen LogP contribution in [-0.4, -0.2) is 40.9 Å². The van der Waals surface area contributed by atoms with Gasteiger partial charge in [-0.25, -0.2) is 4.79 Å². The topological polar surface area (TPSA) is 89.7 Å². The van der Waals surface area contributed by atoms with Crippen molar-refractivity contribution in [3.63, 3.8) is 0 Å². The molecule has 1 fully saturated rings. The third-order valence-corrected chi connectivity index (χ3v) is 4.80.